The number of hydrogen-bond acceptors (Lipinski definition) is 6. The normalized spacial score (nSPS) is 15.9. The van der Waals surface area contributed by atoms with Gasteiger partial charge < -0.3 is 20.1 Å². The summed E-state index contributed by atoms with van der Waals surface area (Å²) in [5.74, 6) is 0.383. The Balaban J connectivity index is 1.69. The van der Waals surface area contributed by atoms with Crippen molar-refractivity contribution < 1.29 is 9.59 Å². The summed E-state index contributed by atoms with van der Waals surface area (Å²) in [4.78, 5) is 40.0. The van der Waals surface area contributed by atoms with E-state index in [9.17, 15) is 9.59 Å². The third-order valence-corrected chi connectivity index (χ3v) is 4.41. The van der Waals surface area contributed by atoms with E-state index in [1.807, 2.05) is 0 Å². The molecule has 3 heterocycles. The van der Waals surface area contributed by atoms with Crippen molar-refractivity contribution in [3.63, 3.8) is 0 Å². The smallest absolute Gasteiger partial charge is 0.245 e. The van der Waals surface area contributed by atoms with Crippen LogP contribution in [-0.2, 0) is 9.59 Å². The minimum Gasteiger partial charge on any atom is -0.382 e. The monoisotopic (exact) mass is 331 g/mol. The number of carbonyl (C=O) groups is 2. The molecule has 0 bridgehead atoms. The molecule has 1 aliphatic rings. The summed E-state index contributed by atoms with van der Waals surface area (Å²) in [7, 11) is 1.74. The number of amides is 2. The van der Waals surface area contributed by atoms with Gasteiger partial charge in [-0.05, 0) is 13.3 Å². The largest absolute Gasteiger partial charge is 0.382 e. The van der Waals surface area contributed by atoms with E-state index in [-0.39, 0.29) is 11.8 Å². The standard InChI is InChI=1S/C15H21N7O2/c1-10(22-9-19-12-13(16)17-8-18-14(12)22)15(24)20(2)6-7-21-5-3-4-11(21)23/h8-10H,3-7H2,1-2H3,(H2,16,17,18). The van der Waals surface area contributed by atoms with E-state index < -0.39 is 6.04 Å². The Morgan fingerprint density at radius 1 is 1.42 bits per heavy atom. The Morgan fingerprint density at radius 3 is 2.92 bits per heavy atom. The fraction of sp³-hybridized carbons (Fsp3) is 0.533. The molecule has 2 aromatic heterocycles. The summed E-state index contributed by atoms with van der Waals surface area (Å²) in [6.45, 7) is 3.63. The van der Waals surface area contributed by atoms with E-state index in [1.165, 1.54) is 6.33 Å². The van der Waals surface area contributed by atoms with Crippen LogP contribution in [0.2, 0.25) is 0 Å². The maximum atomic E-state index is 12.7. The van der Waals surface area contributed by atoms with Crippen LogP contribution in [0.15, 0.2) is 12.7 Å². The number of nitrogen functional groups attached to an aromatic ring is 1. The Hall–Kier alpha value is -2.71. The Bertz CT molecular complexity index is 772. The zero-order chi connectivity index (χ0) is 17.3. The topological polar surface area (TPSA) is 110 Å². The maximum Gasteiger partial charge on any atom is 0.245 e. The summed E-state index contributed by atoms with van der Waals surface area (Å²) in [5.41, 5.74) is 6.80. The summed E-state index contributed by atoms with van der Waals surface area (Å²) in [6, 6.07) is -0.469. The number of hydrogen-bond donors (Lipinski definition) is 1. The third-order valence-electron chi connectivity index (χ3n) is 4.41. The minimum atomic E-state index is -0.469. The summed E-state index contributed by atoms with van der Waals surface area (Å²) < 4.78 is 1.69. The van der Waals surface area contributed by atoms with E-state index >= 15 is 0 Å². The van der Waals surface area contributed by atoms with Crippen molar-refractivity contribution >= 4 is 28.8 Å². The number of anilines is 1. The van der Waals surface area contributed by atoms with Crippen molar-refractivity contribution in [3.05, 3.63) is 12.7 Å². The highest BCUT2D eigenvalue weighted by atomic mass is 16.2. The number of fused-ring (bicyclic) bond motifs is 1. The molecule has 9 heteroatoms. The van der Waals surface area contributed by atoms with Crippen LogP contribution in [0.5, 0.6) is 0 Å². The zero-order valence-corrected chi connectivity index (χ0v) is 13.8. The molecule has 2 N–H and O–H groups in total. The second-order valence-corrected chi connectivity index (χ2v) is 6.00. The van der Waals surface area contributed by atoms with Gasteiger partial charge in [0.1, 0.15) is 17.9 Å². The number of carbonyl (C=O) groups excluding carboxylic acids is 2. The number of likely N-dealkylation sites (tertiary alicyclic amines) is 1. The average Bonchev–Trinajstić information content (AvgIpc) is 3.18. The van der Waals surface area contributed by atoms with Crippen LogP contribution >= 0.6 is 0 Å². The van der Waals surface area contributed by atoms with Gasteiger partial charge >= 0.3 is 0 Å². The van der Waals surface area contributed by atoms with Gasteiger partial charge in [-0.1, -0.05) is 0 Å². The fourth-order valence-corrected chi connectivity index (χ4v) is 2.91. The van der Waals surface area contributed by atoms with E-state index in [0.29, 0.717) is 36.5 Å². The molecule has 0 saturated carbocycles. The number of nitrogens with zero attached hydrogens (tertiary/aromatic N) is 6. The average molecular weight is 331 g/mol. The van der Waals surface area contributed by atoms with Gasteiger partial charge in [0, 0.05) is 33.1 Å². The number of nitrogens with two attached hydrogens (primary N) is 1. The van der Waals surface area contributed by atoms with Crippen LogP contribution in [0.25, 0.3) is 11.2 Å². The lowest BCUT2D eigenvalue weighted by atomic mass is 10.3. The first kappa shape index (κ1) is 16.2. The Labute approximate surface area is 139 Å². The molecule has 0 aromatic carbocycles. The highest BCUT2D eigenvalue weighted by molar-refractivity contribution is 5.85. The molecule has 1 saturated heterocycles. The van der Waals surface area contributed by atoms with Crippen molar-refractivity contribution in [1.29, 1.82) is 0 Å². The second-order valence-electron chi connectivity index (χ2n) is 6.00. The third kappa shape index (κ3) is 2.89. The van der Waals surface area contributed by atoms with Crippen molar-refractivity contribution in [3.8, 4) is 0 Å². The Morgan fingerprint density at radius 2 is 2.21 bits per heavy atom. The van der Waals surface area contributed by atoms with Gasteiger partial charge in [0.2, 0.25) is 11.8 Å². The molecule has 1 atom stereocenters. The van der Waals surface area contributed by atoms with Crippen LogP contribution in [0.1, 0.15) is 25.8 Å². The number of likely N-dealkylation sites (N-methyl/N-ethyl adjacent to an activating group) is 1. The first-order valence-electron chi connectivity index (χ1n) is 7.95. The molecule has 1 fully saturated rings. The predicted molar refractivity (Wildman–Crippen MR) is 87.9 cm³/mol. The van der Waals surface area contributed by atoms with Crippen molar-refractivity contribution in [1.82, 2.24) is 29.3 Å². The van der Waals surface area contributed by atoms with Gasteiger partial charge in [0.25, 0.3) is 0 Å². The van der Waals surface area contributed by atoms with E-state index in [4.69, 9.17) is 5.73 Å². The van der Waals surface area contributed by atoms with Crippen molar-refractivity contribution in [2.75, 3.05) is 32.4 Å². The van der Waals surface area contributed by atoms with E-state index in [2.05, 4.69) is 15.0 Å². The molecule has 0 aliphatic carbocycles. The number of rotatable bonds is 5. The predicted octanol–water partition coefficient (Wildman–Crippen LogP) is 0.0503. The number of imidazole rings is 1. The molecule has 24 heavy (non-hydrogen) atoms. The molecular weight excluding hydrogens is 310 g/mol. The van der Waals surface area contributed by atoms with Gasteiger partial charge in [-0.25, -0.2) is 15.0 Å². The molecule has 9 nitrogen and oxygen atoms in total. The van der Waals surface area contributed by atoms with Crippen molar-refractivity contribution in [2.45, 2.75) is 25.8 Å². The van der Waals surface area contributed by atoms with Crippen LogP contribution in [0.4, 0.5) is 5.82 Å². The fourth-order valence-electron chi connectivity index (χ4n) is 2.91. The second kappa shape index (κ2) is 6.42. The molecule has 0 spiro atoms. The van der Waals surface area contributed by atoms with Gasteiger partial charge in [-0.15, -0.1) is 0 Å². The van der Waals surface area contributed by atoms with Crippen LogP contribution in [-0.4, -0.2) is 67.8 Å². The molecular formula is C15H21N7O2. The first-order chi connectivity index (χ1) is 11.5. The van der Waals surface area contributed by atoms with Crippen molar-refractivity contribution in [2.24, 2.45) is 0 Å². The highest BCUT2D eigenvalue weighted by Crippen LogP contribution is 2.19. The molecule has 3 rings (SSSR count). The molecule has 0 radical (unpaired) electrons. The summed E-state index contributed by atoms with van der Waals surface area (Å²) >= 11 is 0. The van der Waals surface area contributed by atoms with E-state index in [0.717, 1.165) is 13.0 Å². The SMILES string of the molecule is CC(C(=O)N(C)CCN1CCCC1=O)n1cnc2c(N)ncnc21. The first-order valence-corrected chi connectivity index (χ1v) is 7.95. The summed E-state index contributed by atoms with van der Waals surface area (Å²) in [6.07, 6.45) is 4.41. The lowest BCUT2D eigenvalue weighted by Gasteiger charge is -2.25. The summed E-state index contributed by atoms with van der Waals surface area (Å²) in [5, 5.41) is 0. The van der Waals surface area contributed by atoms with Gasteiger partial charge in [-0.3, -0.25) is 9.59 Å². The molecule has 2 amide bonds. The molecule has 1 aliphatic heterocycles. The molecule has 1 unspecified atom stereocenters. The Kier molecular flexibility index (Phi) is 4.32. The van der Waals surface area contributed by atoms with Crippen LogP contribution < -0.4 is 5.73 Å². The lowest BCUT2D eigenvalue weighted by Crippen LogP contribution is -2.39. The quantitative estimate of drug-likeness (QED) is 0.829. The minimum absolute atomic E-state index is 0.0712. The molecule has 128 valence electrons. The van der Waals surface area contributed by atoms with Gasteiger partial charge in [0.05, 0.1) is 6.33 Å². The van der Waals surface area contributed by atoms with E-state index in [1.54, 1.807) is 34.7 Å². The van der Waals surface area contributed by atoms with Gasteiger partial charge in [-0.2, -0.15) is 0 Å². The lowest BCUT2D eigenvalue weighted by molar-refractivity contribution is -0.134. The maximum absolute atomic E-state index is 12.7. The van der Waals surface area contributed by atoms with Crippen LogP contribution in [0.3, 0.4) is 0 Å². The zero-order valence-electron chi connectivity index (χ0n) is 13.8. The highest BCUT2D eigenvalue weighted by Gasteiger charge is 2.24. The van der Waals surface area contributed by atoms with Gasteiger partial charge in [0.15, 0.2) is 11.5 Å². The molecule has 2 aromatic rings. The van der Waals surface area contributed by atoms with Crippen LogP contribution in [0, 0.1) is 0 Å². The number of aromatic nitrogens is 4.